The number of carbonyl (C=O) groups is 1. The predicted octanol–water partition coefficient (Wildman–Crippen LogP) is 3.59. The molecule has 1 amide bonds. The molecule has 2 aromatic rings. The van der Waals surface area contributed by atoms with Crippen molar-refractivity contribution in [3.63, 3.8) is 0 Å². The van der Waals surface area contributed by atoms with Crippen LogP contribution in [0.4, 0.5) is 17.2 Å². The van der Waals surface area contributed by atoms with Crippen molar-refractivity contribution in [3.8, 4) is 0 Å². The van der Waals surface area contributed by atoms with E-state index in [0.717, 1.165) is 56.2 Å². The Kier molecular flexibility index (Phi) is 5.43. The monoisotopic (exact) mass is 385 g/mol. The highest BCUT2D eigenvalue weighted by molar-refractivity contribution is 6.30. The minimum absolute atomic E-state index is 0.0140. The van der Waals surface area contributed by atoms with Gasteiger partial charge in [0.15, 0.2) is 5.82 Å². The van der Waals surface area contributed by atoms with Crippen LogP contribution in [0.25, 0.3) is 0 Å². The van der Waals surface area contributed by atoms with Crippen LogP contribution in [0.5, 0.6) is 0 Å². The third-order valence-electron chi connectivity index (χ3n) is 5.38. The Hall–Kier alpha value is -2.34. The van der Waals surface area contributed by atoms with Gasteiger partial charge in [0.2, 0.25) is 5.91 Å². The lowest BCUT2D eigenvalue weighted by atomic mass is 9.95. The average Bonchev–Trinajstić information content (AvgIpc) is 3.23. The smallest absolute Gasteiger partial charge is 0.227 e. The standard InChI is InChI=1S/C20H24ClN5O/c21-16-4-3-5-17(12-16)24-20(27)15-6-10-25(11-7-15)18-13-22-14-23-19(18)26-8-1-2-9-26/h3-5,12-15H,1-2,6-11H2,(H,24,27). The van der Waals surface area contributed by atoms with Crippen molar-refractivity contribution >= 4 is 34.7 Å². The average molecular weight is 386 g/mol. The van der Waals surface area contributed by atoms with Crippen LogP contribution in [0, 0.1) is 5.92 Å². The summed E-state index contributed by atoms with van der Waals surface area (Å²) in [6.07, 6.45) is 7.61. The van der Waals surface area contributed by atoms with Gasteiger partial charge in [-0.15, -0.1) is 0 Å². The fraction of sp³-hybridized carbons (Fsp3) is 0.450. The molecule has 0 unspecified atom stereocenters. The van der Waals surface area contributed by atoms with Crippen LogP contribution in [0.15, 0.2) is 36.8 Å². The van der Waals surface area contributed by atoms with Crippen molar-refractivity contribution in [2.24, 2.45) is 5.92 Å². The number of piperidine rings is 1. The quantitative estimate of drug-likeness (QED) is 0.871. The summed E-state index contributed by atoms with van der Waals surface area (Å²) in [5, 5.41) is 3.61. The zero-order valence-corrected chi connectivity index (χ0v) is 16.0. The zero-order chi connectivity index (χ0) is 18.6. The molecule has 0 radical (unpaired) electrons. The summed E-state index contributed by atoms with van der Waals surface area (Å²) >= 11 is 6.00. The molecule has 1 aromatic heterocycles. The number of anilines is 3. The van der Waals surface area contributed by atoms with Gasteiger partial charge in [-0.1, -0.05) is 17.7 Å². The van der Waals surface area contributed by atoms with E-state index in [1.807, 2.05) is 18.3 Å². The Bertz CT molecular complexity index is 800. The van der Waals surface area contributed by atoms with Gasteiger partial charge in [-0.05, 0) is 43.9 Å². The van der Waals surface area contributed by atoms with Gasteiger partial charge in [0.05, 0.1) is 11.9 Å². The molecule has 0 bridgehead atoms. The molecule has 3 heterocycles. The highest BCUT2D eigenvalue weighted by atomic mass is 35.5. The SMILES string of the molecule is O=C(Nc1cccc(Cl)c1)C1CCN(c2cncnc2N2CCCC2)CC1. The number of benzene rings is 1. The lowest BCUT2D eigenvalue weighted by Gasteiger charge is -2.34. The molecule has 2 aliphatic rings. The summed E-state index contributed by atoms with van der Waals surface area (Å²) in [7, 11) is 0. The lowest BCUT2D eigenvalue weighted by molar-refractivity contribution is -0.120. The van der Waals surface area contributed by atoms with Crippen LogP contribution in [0.1, 0.15) is 25.7 Å². The van der Waals surface area contributed by atoms with Crippen LogP contribution in [-0.4, -0.2) is 42.1 Å². The molecule has 0 aliphatic carbocycles. The topological polar surface area (TPSA) is 61.4 Å². The number of nitrogens with zero attached hydrogens (tertiary/aromatic N) is 4. The number of carbonyl (C=O) groups excluding carboxylic acids is 1. The summed E-state index contributed by atoms with van der Waals surface area (Å²) < 4.78 is 0. The molecular formula is C20H24ClN5O. The fourth-order valence-corrected chi connectivity index (χ4v) is 4.09. The number of hydrogen-bond acceptors (Lipinski definition) is 5. The predicted molar refractivity (Wildman–Crippen MR) is 108 cm³/mol. The molecule has 7 heteroatoms. The first-order valence-electron chi connectivity index (χ1n) is 9.57. The maximum absolute atomic E-state index is 12.6. The lowest BCUT2D eigenvalue weighted by Crippen LogP contribution is -2.39. The minimum atomic E-state index is 0.0140. The first-order valence-corrected chi connectivity index (χ1v) is 9.95. The number of hydrogen-bond donors (Lipinski definition) is 1. The second-order valence-corrected chi connectivity index (χ2v) is 7.62. The van der Waals surface area contributed by atoms with E-state index in [2.05, 4.69) is 25.1 Å². The molecule has 2 fully saturated rings. The van der Waals surface area contributed by atoms with E-state index in [1.165, 1.54) is 12.8 Å². The molecule has 0 spiro atoms. The number of halogens is 1. The highest BCUT2D eigenvalue weighted by Gasteiger charge is 2.28. The molecule has 4 rings (SSSR count). The van der Waals surface area contributed by atoms with Crippen molar-refractivity contribution in [2.45, 2.75) is 25.7 Å². The van der Waals surface area contributed by atoms with Crippen LogP contribution in [-0.2, 0) is 4.79 Å². The molecule has 1 N–H and O–H groups in total. The van der Waals surface area contributed by atoms with E-state index in [4.69, 9.17) is 11.6 Å². The molecule has 0 saturated carbocycles. The fourth-order valence-electron chi connectivity index (χ4n) is 3.90. The van der Waals surface area contributed by atoms with Gasteiger partial charge >= 0.3 is 0 Å². The molecular weight excluding hydrogens is 362 g/mol. The summed E-state index contributed by atoms with van der Waals surface area (Å²) in [5.74, 6) is 1.12. The van der Waals surface area contributed by atoms with Crippen molar-refractivity contribution < 1.29 is 4.79 Å². The normalized spacial score (nSPS) is 18.0. The molecule has 6 nitrogen and oxygen atoms in total. The van der Waals surface area contributed by atoms with E-state index in [9.17, 15) is 4.79 Å². The highest BCUT2D eigenvalue weighted by Crippen LogP contribution is 2.32. The summed E-state index contributed by atoms with van der Waals surface area (Å²) in [6, 6.07) is 7.28. The van der Waals surface area contributed by atoms with Crippen LogP contribution in [0.2, 0.25) is 5.02 Å². The van der Waals surface area contributed by atoms with Gasteiger partial charge in [0.1, 0.15) is 6.33 Å². The van der Waals surface area contributed by atoms with Gasteiger partial charge in [0, 0.05) is 42.8 Å². The molecule has 27 heavy (non-hydrogen) atoms. The molecule has 0 atom stereocenters. The van der Waals surface area contributed by atoms with Gasteiger partial charge in [-0.25, -0.2) is 9.97 Å². The van der Waals surface area contributed by atoms with Gasteiger partial charge in [-0.2, -0.15) is 0 Å². The Morgan fingerprint density at radius 1 is 1.11 bits per heavy atom. The van der Waals surface area contributed by atoms with E-state index < -0.39 is 0 Å². The maximum Gasteiger partial charge on any atom is 0.227 e. The van der Waals surface area contributed by atoms with Crippen LogP contribution >= 0.6 is 11.6 Å². The second kappa shape index (κ2) is 8.13. The van der Waals surface area contributed by atoms with Crippen LogP contribution < -0.4 is 15.1 Å². The summed E-state index contributed by atoms with van der Waals surface area (Å²) in [6.45, 7) is 3.79. The van der Waals surface area contributed by atoms with E-state index in [1.54, 1.807) is 18.5 Å². The van der Waals surface area contributed by atoms with Crippen LogP contribution in [0.3, 0.4) is 0 Å². The van der Waals surface area contributed by atoms with E-state index in [0.29, 0.717) is 5.02 Å². The number of rotatable bonds is 4. The van der Waals surface area contributed by atoms with Gasteiger partial charge < -0.3 is 15.1 Å². The zero-order valence-electron chi connectivity index (χ0n) is 15.3. The van der Waals surface area contributed by atoms with E-state index >= 15 is 0 Å². The maximum atomic E-state index is 12.6. The van der Waals surface area contributed by atoms with Crippen molar-refractivity contribution in [3.05, 3.63) is 41.8 Å². The minimum Gasteiger partial charge on any atom is -0.367 e. The van der Waals surface area contributed by atoms with E-state index in [-0.39, 0.29) is 11.8 Å². The number of aromatic nitrogens is 2. The first-order chi connectivity index (χ1) is 13.2. The number of amides is 1. The summed E-state index contributed by atoms with van der Waals surface area (Å²) in [4.78, 5) is 26.0. The third-order valence-corrected chi connectivity index (χ3v) is 5.61. The Labute approximate surface area is 164 Å². The largest absolute Gasteiger partial charge is 0.367 e. The molecule has 1 aromatic carbocycles. The Morgan fingerprint density at radius 3 is 2.63 bits per heavy atom. The van der Waals surface area contributed by atoms with Gasteiger partial charge in [0.25, 0.3) is 0 Å². The third kappa shape index (κ3) is 4.16. The number of nitrogens with one attached hydrogen (secondary N) is 1. The molecule has 142 valence electrons. The second-order valence-electron chi connectivity index (χ2n) is 7.19. The van der Waals surface area contributed by atoms with Crippen molar-refractivity contribution in [1.82, 2.24) is 9.97 Å². The van der Waals surface area contributed by atoms with Crippen molar-refractivity contribution in [2.75, 3.05) is 41.3 Å². The molecule has 2 saturated heterocycles. The Morgan fingerprint density at radius 2 is 1.89 bits per heavy atom. The van der Waals surface area contributed by atoms with Gasteiger partial charge in [-0.3, -0.25) is 4.79 Å². The first kappa shape index (κ1) is 18.0. The molecule has 2 aliphatic heterocycles. The van der Waals surface area contributed by atoms with Crippen molar-refractivity contribution in [1.29, 1.82) is 0 Å². The summed E-state index contributed by atoms with van der Waals surface area (Å²) in [5.41, 5.74) is 1.84. The Balaban J connectivity index is 1.38.